The summed E-state index contributed by atoms with van der Waals surface area (Å²) in [6, 6.07) is 7.73. The van der Waals surface area contributed by atoms with E-state index >= 15 is 0 Å². The smallest absolute Gasteiger partial charge is 0.326 e. The molecule has 0 aliphatic carbocycles. The monoisotopic (exact) mass is 377 g/mol. The van der Waals surface area contributed by atoms with E-state index in [-0.39, 0.29) is 11.6 Å². The summed E-state index contributed by atoms with van der Waals surface area (Å²) in [5.41, 5.74) is 1.63. The number of carbonyl (C=O) groups excluding carboxylic acids is 1. The second kappa shape index (κ2) is 7.88. The molecule has 2 atom stereocenters. The molecule has 1 aliphatic heterocycles. The zero-order valence-corrected chi connectivity index (χ0v) is 15.1. The topological polar surface area (TPSA) is 93.5 Å². The number of aryl methyl sites for hydroxylation is 1. The van der Waals surface area contributed by atoms with Crippen LogP contribution in [0.1, 0.15) is 29.0 Å². The highest BCUT2D eigenvalue weighted by Crippen LogP contribution is 2.19. The van der Waals surface area contributed by atoms with Gasteiger partial charge in [-0.15, -0.1) is 0 Å². The summed E-state index contributed by atoms with van der Waals surface area (Å²) in [5, 5.41) is 16.9. The average molecular weight is 378 g/mol. The molecule has 2 N–H and O–H groups in total. The fraction of sp³-hybridized carbons (Fsp3) is 0.389. The Bertz CT molecular complexity index is 815. The SMILES string of the molecule is Cc1cc(C(=O)NC(C(=O)O)C2CCCOC2)nn1-c1cccc(Cl)c1. The number of aromatic nitrogens is 2. The maximum absolute atomic E-state index is 12.5. The molecular formula is C18H20ClN3O4. The van der Waals surface area contributed by atoms with E-state index in [2.05, 4.69) is 10.4 Å². The Kier molecular flexibility index (Phi) is 5.58. The quantitative estimate of drug-likeness (QED) is 0.834. The average Bonchev–Trinajstić information content (AvgIpc) is 3.02. The van der Waals surface area contributed by atoms with Crippen molar-refractivity contribution < 1.29 is 19.4 Å². The first kappa shape index (κ1) is 18.4. The number of nitrogens with zero attached hydrogens (tertiary/aromatic N) is 2. The summed E-state index contributed by atoms with van der Waals surface area (Å²) in [4.78, 5) is 24.1. The minimum Gasteiger partial charge on any atom is -0.480 e. The number of hydrogen-bond donors (Lipinski definition) is 2. The van der Waals surface area contributed by atoms with Crippen molar-refractivity contribution >= 4 is 23.5 Å². The third kappa shape index (κ3) is 4.05. The van der Waals surface area contributed by atoms with Gasteiger partial charge in [-0.25, -0.2) is 9.48 Å². The fourth-order valence-corrected chi connectivity index (χ4v) is 3.26. The van der Waals surface area contributed by atoms with E-state index in [1.165, 1.54) is 0 Å². The van der Waals surface area contributed by atoms with E-state index < -0.39 is 17.9 Å². The van der Waals surface area contributed by atoms with Gasteiger partial charge < -0.3 is 15.2 Å². The van der Waals surface area contributed by atoms with Crippen LogP contribution in [-0.4, -0.2) is 46.0 Å². The van der Waals surface area contributed by atoms with Gasteiger partial charge >= 0.3 is 5.97 Å². The van der Waals surface area contributed by atoms with Gasteiger partial charge in [0.2, 0.25) is 0 Å². The highest BCUT2D eigenvalue weighted by Gasteiger charge is 2.32. The highest BCUT2D eigenvalue weighted by atomic mass is 35.5. The Labute approximate surface area is 155 Å². The van der Waals surface area contributed by atoms with Crippen LogP contribution in [0.2, 0.25) is 5.02 Å². The molecule has 0 radical (unpaired) electrons. The number of carboxylic acid groups (broad SMARTS) is 1. The Morgan fingerprint density at radius 2 is 2.23 bits per heavy atom. The van der Waals surface area contributed by atoms with Crippen molar-refractivity contribution in [2.24, 2.45) is 5.92 Å². The molecule has 1 aliphatic rings. The van der Waals surface area contributed by atoms with Crippen molar-refractivity contribution in [3.05, 3.63) is 46.7 Å². The van der Waals surface area contributed by atoms with Crippen molar-refractivity contribution in [1.29, 1.82) is 0 Å². The standard InChI is InChI=1S/C18H20ClN3O4/c1-11-8-15(21-22(11)14-6-2-5-13(19)9-14)17(23)20-16(18(24)25)12-4-3-7-26-10-12/h2,5-6,8-9,12,16H,3-4,7,10H2,1H3,(H,20,23)(H,24,25). The molecule has 1 amide bonds. The molecule has 2 unspecified atom stereocenters. The van der Waals surface area contributed by atoms with Gasteiger partial charge in [-0.05, 0) is 44.0 Å². The lowest BCUT2D eigenvalue weighted by Gasteiger charge is -2.27. The number of carbonyl (C=O) groups is 2. The number of benzene rings is 1. The molecule has 1 fully saturated rings. The molecule has 1 aromatic heterocycles. The van der Waals surface area contributed by atoms with Crippen LogP contribution in [0, 0.1) is 12.8 Å². The molecule has 1 saturated heterocycles. The number of hydrogen-bond acceptors (Lipinski definition) is 4. The largest absolute Gasteiger partial charge is 0.480 e. The minimum atomic E-state index is -1.07. The molecule has 7 nitrogen and oxygen atoms in total. The van der Waals surface area contributed by atoms with Gasteiger partial charge in [-0.2, -0.15) is 5.10 Å². The van der Waals surface area contributed by atoms with Crippen LogP contribution in [0.15, 0.2) is 30.3 Å². The van der Waals surface area contributed by atoms with E-state index in [0.717, 1.165) is 17.8 Å². The summed E-state index contributed by atoms with van der Waals surface area (Å²) >= 11 is 6.01. The number of aliphatic carboxylic acids is 1. The van der Waals surface area contributed by atoms with Gasteiger partial charge in [-0.1, -0.05) is 17.7 Å². The Morgan fingerprint density at radius 1 is 1.42 bits per heavy atom. The van der Waals surface area contributed by atoms with Crippen LogP contribution in [0.4, 0.5) is 0 Å². The minimum absolute atomic E-state index is 0.158. The number of nitrogens with one attached hydrogen (secondary N) is 1. The van der Waals surface area contributed by atoms with Gasteiger partial charge in [-0.3, -0.25) is 4.79 Å². The molecule has 0 saturated carbocycles. The van der Waals surface area contributed by atoms with Crippen LogP contribution < -0.4 is 5.32 Å². The number of halogens is 1. The van der Waals surface area contributed by atoms with E-state index in [1.807, 2.05) is 13.0 Å². The predicted molar refractivity (Wildman–Crippen MR) is 95.7 cm³/mol. The maximum atomic E-state index is 12.5. The molecule has 1 aromatic carbocycles. The fourth-order valence-electron chi connectivity index (χ4n) is 3.08. The molecule has 2 heterocycles. The van der Waals surface area contributed by atoms with E-state index in [1.54, 1.807) is 28.9 Å². The third-order valence-corrected chi connectivity index (χ3v) is 4.63. The highest BCUT2D eigenvalue weighted by molar-refractivity contribution is 6.30. The summed E-state index contributed by atoms with van der Waals surface area (Å²) < 4.78 is 6.94. The number of rotatable bonds is 5. The maximum Gasteiger partial charge on any atom is 0.326 e. The van der Waals surface area contributed by atoms with E-state index in [4.69, 9.17) is 16.3 Å². The molecule has 0 spiro atoms. The van der Waals surface area contributed by atoms with Gasteiger partial charge in [0.25, 0.3) is 5.91 Å². The predicted octanol–water partition coefficient (Wildman–Crippen LogP) is 2.44. The lowest BCUT2D eigenvalue weighted by Crippen LogP contribution is -2.48. The van der Waals surface area contributed by atoms with Gasteiger partial charge in [0, 0.05) is 23.2 Å². The summed E-state index contributed by atoms with van der Waals surface area (Å²) in [7, 11) is 0. The summed E-state index contributed by atoms with van der Waals surface area (Å²) in [6.07, 6.45) is 1.49. The number of ether oxygens (including phenoxy) is 1. The second-order valence-electron chi connectivity index (χ2n) is 6.33. The summed E-state index contributed by atoms with van der Waals surface area (Å²) in [5.74, 6) is -1.84. The van der Waals surface area contributed by atoms with Crippen molar-refractivity contribution in [1.82, 2.24) is 15.1 Å². The van der Waals surface area contributed by atoms with Crippen LogP contribution in [0.25, 0.3) is 5.69 Å². The van der Waals surface area contributed by atoms with Gasteiger partial charge in [0.1, 0.15) is 6.04 Å². The summed E-state index contributed by atoms with van der Waals surface area (Å²) in [6.45, 7) is 2.77. The zero-order chi connectivity index (χ0) is 18.7. The van der Waals surface area contributed by atoms with Crippen molar-refractivity contribution in [2.75, 3.05) is 13.2 Å². The molecule has 138 valence electrons. The molecule has 0 bridgehead atoms. The van der Waals surface area contributed by atoms with Crippen LogP contribution >= 0.6 is 11.6 Å². The third-order valence-electron chi connectivity index (χ3n) is 4.39. The van der Waals surface area contributed by atoms with Crippen molar-refractivity contribution in [2.45, 2.75) is 25.8 Å². The molecule has 8 heteroatoms. The van der Waals surface area contributed by atoms with Crippen molar-refractivity contribution in [3.8, 4) is 5.69 Å². The van der Waals surface area contributed by atoms with Crippen LogP contribution in [0.5, 0.6) is 0 Å². The van der Waals surface area contributed by atoms with Crippen molar-refractivity contribution in [3.63, 3.8) is 0 Å². The Balaban J connectivity index is 1.79. The second-order valence-corrected chi connectivity index (χ2v) is 6.77. The Hall–Kier alpha value is -2.38. The first-order chi connectivity index (χ1) is 12.5. The Morgan fingerprint density at radius 3 is 2.88 bits per heavy atom. The lowest BCUT2D eigenvalue weighted by atomic mass is 9.93. The zero-order valence-electron chi connectivity index (χ0n) is 14.3. The van der Waals surface area contributed by atoms with Crippen LogP contribution in [-0.2, 0) is 9.53 Å². The molecule has 2 aromatic rings. The first-order valence-corrected chi connectivity index (χ1v) is 8.77. The van der Waals surface area contributed by atoms with Gasteiger partial charge in [0.05, 0.1) is 12.3 Å². The van der Waals surface area contributed by atoms with Gasteiger partial charge in [0.15, 0.2) is 5.69 Å². The molecule has 26 heavy (non-hydrogen) atoms. The lowest BCUT2D eigenvalue weighted by molar-refractivity contribution is -0.142. The normalized spacial score (nSPS) is 18.3. The first-order valence-electron chi connectivity index (χ1n) is 8.39. The number of amides is 1. The van der Waals surface area contributed by atoms with Crippen LogP contribution in [0.3, 0.4) is 0 Å². The number of carboxylic acids is 1. The molecular weight excluding hydrogens is 358 g/mol. The van der Waals surface area contributed by atoms with E-state index in [9.17, 15) is 14.7 Å². The molecule has 3 rings (SSSR count). The van der Waals surface area contributed by atoms with E-state index in [0.29, 0.717) is 24.7 Å².